The van der Waals surface area contributed by atoms with Crippen LogP contribution in [0.15, 0.2) is 12.7 Å². The summed E-state index contributed by atoms with van der Waals surface area (Å²) in [6.07, 6.45) is 2.93. The molecule has 1 heterocycles. The van der Waals surface area contributed by atoms with E-state index in [4.69, 9.17) is 5.26 Å². The zero-order chi connectivity index (χ0) is 8.97. The van der Waals surface area contributed by atoms with Crippen LogP contribution in [0, 0.1) is 11.2 Å². The largest absolute Gasteiger partial charge is 0.340 e. The van der Waals surface area contributed by atoms with Crippen LogP contribution < -0.4 is 0 Å². The Labute approximate surface area is 72.7 Å². The van der Waals surface area contributed by atoms with E-state index in [0.717, 1.165) is 12.6 Å². The Morgan fingerprint density at radius 1 is 1.58 bits per heavy atom. The molecule has 0 aromatic heterocycles. The Morgan fingerprint density at radius 2 is 2.17 bits per heavy atom. The fraction of sp³-hybridized carbons (Fsp3) is 0.500. The zero-order valence-corrected chi connectivity index (χ0v) is 6.99. The lowest BCUT2D eigenvalue weighted by Gasteiger charge is -2.26. The van der Waals surface area contributed by atoms with Crippen LogP contribution in [-0.4, -0.2) is 30.6 Å². The van der Waals surface area contributed by atoms with Crippen LogP contribution in [0.25, 0.3) is 0 Å². The van der Waals surface area contributed by atoms with Gasteiger partial charge in [-0.2, -0.15) is 0 Å². The summed E-state index contributed by atoms with van der Waals surface area (Å²) in [6, 6.07) is 0. The number of carbonyl (C=O) groups is 1. The van der Waals surface area contributed by atoms with Gasteiger partial charge in [0.1, 0.15) is 0 Å². The van der Waals surface area contributed by atoms with Crippen molar-refractivity contribution in [1.82, 2.24) is 4.90 Å². The van der Waals surface area contributed by atoms with E-state index in [1.54, 1.807) is 4.90 Å². The molecule has 0 N–H and O–H groups in total. The van der Waals surface area contributed by atoms with Crippen molar-refractivity contribution < 1.29 is 4.79 Å². The highest BCUT2D eigenvalue weighted by molar-refractivity contribution is 6.67. The van der Waals surface area contributed by atoms with Crippen molar-refractivity contribution in [3.8, 4) is 5.97 Å². The summed E-state index contributed by atoms with van der Waals surface area (Å²) in [7, 11) is 0. The van der Waals surface area contributed by atoms with Crippen LogP contribution >= 0.6 is 0 Å². The van der Waals surface area contributed by atoms with Crippen LogP contribution in [0.5, 0.6) is 0 Å². The molecule has 0 unspecified atom stereocenters. The fourth-order valence-electron chi connectivity index (χ4n) is 1.36. The lowest BCUT2D eigenvalue weighted by Crippen LogP contribution is -2.39. The molecular formula is C8H11BN2O. The van der Waals surface area contributed by atoms with E-state index in [2.05, 4.69) is 12.5 Å². The Balaban J connectivity index is 2.41. The third kappa shape index (κ3) is 1.88. The highest BCUT2D eigenvalue weighted by Gasteiger charge is 2.23. The van der Waals surface area contributed by atoms with Crippen LogP contribution in [-0.2, 0) is 4.79 Å². The highest BCUT2D eigenvalue weighted by Crippen LogP contribution is 2.10. The summed E-state index contributed by atoms with van der Waals surface area (Å²) in [5.74, 6) is 2.20. The molecule has 1 aliphatic heterocycles. The molecule has 0 spiro atoms. The average Bonchev–Trinajstić information content (AvgIpc) is 2.17. The van der Waals surface area contributed by atoms with Gasteiger partial charge in [-0.25, -0.2) is 5.26 Å². The smallest absolute Gasteiger partial charge is 0.271 e. The summed E-state index contributed by atoms with van der Waals surface area (Å²) in [6.45, 7) is 4.95. The summed E-state index contributed by atoms with van der Waals surface area (Å²) >= 11 is 0. The van der Waals surface area contributed by atoms with Crippen LogP contribution in [0.1, 0.15) is 0 Å². The number of carbonyl (C=O) groups excluding carboxylic acids is 1. The van der Waals surface area contributed by atoms with Crippen LogP contribution in [0.2, 0.25) is 12.6 Å². The predicted molar refractivity (Wildman–Crippen MR) is 47.8 cm³/mol. The zero-order valence-electron chi connectivity index (χ0n) is 6.99. The second-order valence-corrected chi connectivity index (χ2v) is 2.93. The first kappa shape index (κ1) is 8.86. The van der Waals surface area contributed by atoms with Crippen LogP contribution in [0.3, 0.4) is 0 Å². The molecule has 1 amide bonds. The van der Waals surface area contributed by atoms with Gasteiger partial charge in [0.05, 0.1) is 0 Å². The van der Waals surface area contributed by atoms with E-state index >= 15 is 0 Å². The molecule has 0 aromatic rings. The molecule has 0 radical (unpaired) electrons. The number of nitriles is 1. The molecule has 1 saturated heterocycles. The quantitative estimate of drug-likeness (QED) is 0.418. The van der Waals surface area contributed by atoms with Crippen LogP contribution in [0.4, 0.5) is 0 Å². The minimum Gasteiger partial charge on any atom is -0.340 e. The van der Waals surface area contributed by atoms with Gasteiger partial charge in [0, 0.05) is 19.1 Å². The fourth-order valence-corrected chi connectivity index (χ4v) is 1.36. The Kier molecular flexibility index (Phi) is 2.92. The first-order chi connectivity index (χ1) is 5.77. The topological polar surface area (TPSA) is 44.1 Å². The molecular weight excluding hydrogens is 151 g/mol. The van der Waals surface area contributed by atoms with Crippen molar-refractivity contribution in [3.63, 3.8) is 0 Å². The molecule has 0 aromatic carbocycles. The van der Waals surface area contributed by atoms with Gasteiger partial charge in [-0.15, -0.1) is 0 Å². The monoisotopic (exact) mass is 162 g/mol. The predicted octanol–water partition coefficient (Wildman–Crippen LogP) is 0.572. The maximum Gasteiger partial charge on any atom is 0.271 e. The van der Waals surface area contributed by atoms with Gasteiger partial charge in [0.15, 0.2) is 0 Å². The van der Waals surface area contributed by atoms with E-state index in [1.165, 1.54) is 6.08 Å². The second-order valence-electron chi connectivity index (χ2n) is 2.93. The number of amides is 1. The maximum absolute atomic E-state index is 11.1. The molecule has 3 nitrogen and oxygen atoms in total. The van der Waals surface area contributed by atoms with Gasteiger partial charge in [0.2, 0.25) is 5.91 Å². The molecule has 0 bridgehead atoms. The van der Waals surface area contributed by atoms with Crippen molar-refractivity contribution in [3.05, 3.63) is 12.7 Å². The van der Waals surface area contributed by atoms with Crippen molar-refractivity contribution in [2.45, 2.75) is 12.6 Å². The lowest BCUT2D eigenvalue weighted by atomic mass is 9.45. The second kappa shape index (κ2) is 3.96. The third-order valence-corrected chi connectivity index (χ3v) is 2.16. The normalized spacial score (nSPS) is 16.9. The van der Waals surface area contributed by atoms with E-state index in [0.29, 0.717) is 13.1 Å². The Bertz CT molecular complexity index is 226. The number of nitrogens with zero attached hydrogens (tertiary/aromatic N) is 2. The molecule has 0 aliphatic carbocycles. The van der Waals surface area contributed by atoms with Gasteiger partial charge in [-0.1, -0.05) is 6.58 Å². The standard InChI is InChI=1S/C8H11BN2O/c1-2-8(12)11-5-3-9(7-10)4-6-11/h2H,1,3-6H2. The van der Waals surface area contributed by atoms with Crippen molar-refractivity contribution >= 4 is 12.6 Å². The van der Waals surface area contributed by atoms with E-state index in [-0.39, 0.29) is 12.6 Å². The first-order valence-corrected chi connectivity index (χ1v) is 4.09. The molecule has 62 valence electrons. The third-order valence-electron chi connectivity index (χ3n) is 2.16. The summed E-state index contributed by atoms with van der Waals surface area (Å²) in [5.41, 5.74) is 0. The van der Waals surface area contributed by atoms with Crippen molar-refractivity contribution in [2.75, 3.05) is 13.1 Å². The number of hydrogen-bond acceptors (Lipinski definition) is 2. The Morgan fingerprint density at radius 3 is 2.58 bits per heavy atom. The maximum atomic E-state index is 11.1. The van der Waals surface area contributed by atoms with Crippen molar-refractivity contribution in [2.24, 2.45) is 0 Å². The van der Waals surface area contributed by atoms with Gasteiger partial charge in [-0.05, 0) is 18.7 Å². The summed E-state index contributed by atoms with van der Waals surface area (Å²) < 4.78 is 0. The van der Waals surface area contributed by atoms with E-state index < -0.39 is 0 Å². The van der Waals surface area contributed by atoms with E-state index in [1.807, 2.05) is 0 Å². The van der Waals surface area contributed by atoms with Crippen molar-refractivity contribution in [1.29, 1.82) is 5.26 Å². The van der Waals surface area contributed by atoms with E-state index in [9.17, 15) is 4.79 Å². The molecule has 1 aliphatic rings. The van der Waals surface area contributed by atoms with Gasteiger partial charge >= 0.3 is 0 Å². The number of hydrogen-bond donors (Lipinski definition) is 0. The van der Waals surface area contributed by atoms with Gasteiger partial charge in [0.25, 0.3) is 6.71 Å². The van der Waals surface area contributed by atoms with Gasteiger partial charge < -0.3 is 4.90 Å². The molecule has 0 saturated carbocycles. The SMILES string of the molecule is C=CC(=O)N1CCB(C#N)CC1. The minimum atomic E-state index is -0.0219. The summed E-state index contributed by atoms with van der Waals surface area (Å²) in [4.78, 5) is 12.8. The molecule has 1 fully saturated rings. The van der Waals surface area contributed by atoms with Gasteiger partial charge in [-0.3, -0.25) is 4.79 Å². The Hall–Kier alpha value is -1.24. The molecule has 0 atom stereocenters. The first-order valence-electron chi connectivity index (χ1n) is 4.09. The summed E-state index contributed by atoms with van der Waals surface area (Å²) in [5, 5.41) is 8.60. The average molecular weight is 162 g/mol. The molecule has 4 heteroatoms. The molecule has 12 heavy (non-hydrogen) atoms. The molecule has 1 rings (SSSR count). The lowest BCUT2D eigenvalue weighted by molar-refractivity contribution is -0.125. The number of rotatable bonds is 1. The highest BCUT2D eigenvalue weighted by atomic mass is 16.2. The minimum absolute atomic E-state index is 0.0219.